The van der Waals surface area contributed by atoms with Gasteiger partial charge in [0.1, 0.15) is 0 Å². The van der Waals surface area contributed by atoms with Crippen LogP contribution in [0.25, 0.3) is 0 Å². The minimum atomic E-state index is -0.0419. The SMILES string of the molecule is CNCC(C)C(=O)c1ccc2c(c1)OCCCO2. The van der Waals surface area contributed by atoms with Gasteiger partial charge in [-0.05, 0) is 25.2 Å². The van der Waals surface area contributed by atoms with Crippen molar-refractivity contribution >= 4 is 5.78 Å². The number of rotatable bonds is 4. The van der Waals surface area contributed by atoms with Crippen molar-refractivity contribution in [1.82, 2.24) is 5.32 Å². The number of fused-ring (bicyclic) bond motifs is 1. The van der Waals surface area contributed by atoms with Crippen LogP contribution < -0.4 is 14.8 Å². The molecule has 1 aliphatic rings. The van der Waals surface area contributed by atoms with E-state index in [1.54, 1.807) is 6.07 Å². The van der Waals surface area contributed by atoms with Crippen LogP contribution in [0.3, 0.4) is 0 Å². The van der Waals surface area contributed by atoms with Crippen LogP contribution in [0.5, 0.6) is 11.5 Å². The van der Waals surface area contributed by atoms with Gasteiger partial charge in [-0.15, -0.1) is 0 Å². The molecule has 1 aromatic carbocycles. The number of benzene rings is 1. The molecule has 4 nitrogen and oxygen atoms in total. The van der Waals surface area contributed by atoms with Gasteiger partial charge in [-0.1, -0.05) is 6.92 Å². The van der Waals surface area contributed by atoms with Gasteiger partial charge in [-0.2, -0.15) is 0 Å². The van der Waals surface area contributed by atoms with E-state index in [9.17, 15) is 4.79 Å². The Morgan fingerprint density at radius 1 is 1.33 bits per heavy atom. The van der Waals surface area contributed by atoms with E-state index in [1.165, 1.54) is 0 Å². The maximum absolute atomic E-state index is 12.2. The Balaban J connectivity index is 2.19. The lowest BCUT2D eigenvalue weighted by Gasteiger charge is -2.12. The number of Topliss-reactive ketones (excluding diaryl/α,β-unsaturated/α-hetero) is 1. The molecule has 1 aromatic rings. The minimum absolute atomic E-state index is 0.0419. The van der Waals surface area contributed by atoms with Gasteiger partial charge < -0.3 is 14.8 Å². The third-order valence-electron chi connectivity index (χ3n) is 2.99. The lowest BCUT2D eigenvalue weighted by Crippen LogP contribution is -2.23. The lowest BCUT2D eigenvalue weighted by atomic mass is 9.99. The van der Waals surface area contributed by atoms with Gasteiger partial charge in [0.25, 0.3) is 0 Å². The number of hydrogen-bond acceptors (Lipinski definition) is 4. The quantitative estimate of drug-likeness (QED) is 0.828. The second kappa shape index (κ2) is 5.87. The van der Waals surface area contributed by atoms with Crippen molar-refractivity contribution in [2.75, 3.05) is 26.8 Å². The van der Waals surface area contributed by atoms with Crippen molar-refractivity contribution in [3.63, 3.8) is 0 Å². The highest BCUT2D eigenvalue weighted by Crippen LogP contribution is 2.31. The molecule has 0 aromatic heterocycles. The number of ketones is 1. The normalized spacial score (nSPS) is 15.9. The topological polar surface area (TPSA) is 47.6 Å². The molecule has 0 aliphatic carbocycles. The molecule has 0 amide bonds. The van der Waals surface area contributed by atoms with E-state index < -0.39 is 0 Å². The summed E-state index contributed by atoms with van der Waals surface area (Å²) in [5.41, 5.74) is 0.682. The molecule has 1 unspecified atom stereocenters. The molecule has 1 aliphatic heterocycles. The van der Waals surface area contributed by atoms with Crippen molar-refractivity contribution in [3.05, 3.63) is 23.8 Å². The standard InChI is InChI=1S/C14H19NO3/c1-10(9-15-2)14(16)11-4-5-12-13(8-11)18-7-3-6-17-12/h4-5,8,10,15H,3,6-7,9H2,1-2H3. The summed E-state index contributed by atoms with van der Waals surface area (Å²) in [4.78, 5) is 12.2. The van der Waals surface area contributed by atoms with Gasteiger partial charge in [0.05, 0.1) is 13.2 Å². The van der Waals surface area contributed by atoms with E-state index in [4.69, 9.17) is 9.47 Å². The first-order chi connectivity index (χ1) is 8.72. The van der Waals surface area contributed by atoms with Crippen LogP contribution in [0.1, 0.15) is 23.7 Å². The first-order valence-electron chi connectivity index (χ1n) is 6.31. The average Bonchev–Trinajstić information content (AvgIpc) is 2.62. The van der Waals surface area contributed by atoms with Crippen LogP contribution in [0.2, 0.25) is 0 Å². The maximum Gasteiger partial charge on any atom is 0.167 e. The molecule has 1 N–H and O–H groups in total. The smallest absolute Gasteiger partial charge is 0.167 e. The summed E-state index contributed by atoms with van der Waals surface area (Å²) in [6, 6.07) is 5.41. The highest BCUT2D eigenvalue weighted by molar-refractivity contribution is 5.98. The fourth-order valence-corrected chi connectivity index (χ4v) is 2.00. The Hall–Kier alpha value is -1.55. The zero-order valence-electron chi connectivity index (χ0n) is 10.9. The molecular formula is C14H19NO3. The number of carbonyl (C=O) groups is 1. The largest absolute Gasteiger partial charge is 0.490 e. The number of ether oxygens (including phenoxy) is 2. The third-order valence-corrected chi connectivity index (χ3v) is 2.99. The van der Waals surface area contributed by atoms with Crippen LogP contribution >= 0.6 is 0 Å². The Labute approximate surface area is 107 Å². The van der Waals surface area contributed by atoms with E-state index >= 15 is 0 Å². The molecule has 0 saturated heterocycles. The van der Waals surface area contributed by atoms with E-state index in [1.807, 2.05) is 26.1 Å². The summed E-state index contributed by atoms with van der Waals surface area (Å²) >= 11 is 0. The zero-order valence-corrected chi connectivity index (χ0v) is 10.9. The molecule has 4 heteroatoms. The average molecular weight is 249 g/mol. The molecule has 1 heterocycles. The molecule has 0 spiro atoms. The molecule has 1 atom stereocenters. The minimum Gasteiger partial charge on any atom is -0.490 e. The van der Waals surface area contributed by atoms with Gasteiger partial charge in [-0.3, -0.25) is 4.79 Å². The second-order valence-electron chi connectivity index (χ2n) is 4.53. The van der Waals surface area contributed by atoms with Crippen LogP contribution in [0, 0.1) is 5.92 Å². The van der Waals surface area contributed by atoms with Crippen molar-refractivity contribution in [3.8, 4) is 11.5 Å². The lowest BCUT2D eigenvalue weighted by molar-refractivity contribution is 0.0929. The first kappa shape index (κ1) is 12.9. The van der Waals surface area contributed by atoms with Gasteiger partial charge in [-0.25, -0.2) is 0 Å². The molecular weight excluding hydrogens is 230 g/mol. The van der Waals surface area contributed by atoms with Gasteiger partial charge in [0.15, 0.2) is 17.3 Å². The molecule has 0 bridgehead atoms. The number of nitrogens with one attached hydrogen (secondary N) is 1. The fourth-order valence-electron chi connectivity index (χ4n) is 2.00. The fraction of sp³-hybridized carbons (Fsp3) is 0.500. The first-order valence-corrected chi connectivity index (χ1v) is 6.31. The summed E-state index contributed by atoms with van der Waals surface area (Å²) in [5.74, 6) is 1.49. The number of carbonyl (C=O) groups excluding carboxylic acids is 1. The Bertz CT molecular complexity index is 431. The Kier molecular flexibility index (Phi) is 4.20. The summed E-state index contributed by atoms with van der Waals surface area (Å²) in [6.07, 6.45) is 0.869. The number of hydrogen-bond donors (Lipinski definition) is 1. The predicted molar refractivity (Wildman–Crippen MR) is 69.5 cm³/mol. The van der Waals surface area contributed by atoms with Crippen molar-refractivity contribution < 1.29 is 14.3 Å². The van der Waals surface area contributed by atoms with Crippen molar-refractivity contribution in [2.45, 2.75) is 13.3 Å². The maximum atomic E-state index is 12.2. The van der Waals surface area contributed by atoms with Crippen molar-refractivity contribution in [2.24, 2.45) is 5.92 Å². The monoisotopic (exact) mass is 249 g/mol. The highest BCUT2D eigenvalue weighted by atomic mass is 16.5. The van der Waals surface area contributed by atoms with Gasteiger partial charge in [0, 0.05) is 24.4 Å². The molecule has 0 saturated carbocycles. The molecule has 98 valence electrons. The molecule has 2 rings (SSSR count). The molecule has 0 radical (unpaired) electrons. The summed E-state index contributed by atoms with van der Waals surface area (Å²) < 4.78 is 11.1. The summed E-state index contributed by atoms with van der Waals surface area (Å²) in [5, 5.41) is 3.01. The van der Waals surface area contributed by atoms with E-state index in [2.05, 4.69) is 5.32 Å². The summed E-state index contributed by atoms with van der Waals surface area (Å²) in [6.45, 7) is 3.89. The van der Waals surface area contributed by atoms with Crippen LogP contribution in [-0.4, -0.2) is 32.6 Å². The molecule has 18 heavy (non-hydrogen) atoms. The van der Waals surface area contributed by atoms with Crippen molar-refractivity contribution in [1.29, 1.82) is 0 Å². The predicted octanol–water partition coefficient (Wildman–Crippen LogP) is 1.89. The zero-order chi connectivity index (χ0) is 13.0. The van der Waals surface area contributed by atoms with E-state index in [-0.39, 0.29) is 11.7 Å². The van der Waals surface area contributed by atoms with E-state index in [0.29, 0.717) is 31.1 Å². The second-order valence-corrected chi connectivity index (χ2v) is 4.53. The third kappa shape index (κ3) is 2.82. The van der Waals surface area contributed by atoms with E-state index in [0.717, 1.165) is 12.2 Å². The van der Waals surface area contributed by atoms with Crippen LogP contribution in [-0.2, 0) is 0 Å². The Morgan fingerprint density at radius 2 is 2.06 bits per heavy atom. The summed E-state index contributed by atoms with van der Waals surface area (Å²) in [7, 11) is 1.84. The Morgan fingerprint density at radius 3 is 2.78 bits per heavy atom. The highest BCUT2D eigenvalue weighted by Gasteiger charge is 2.18. The van der Waals surface area contributed by atoms with Crippen LogP contribution in [0.15, 0.2) is 18.2 Å². The van der Waals surface area contributed by atoms with Crippen LogP contribution in [0.4, 0.5) is 0 Å². The van der Waals surface area contributed by atoms with Gasteiger partial charge in [0.2, 0.25) is 0 Å². The van der Waals surface area contributed by atoms with Gasteiger partial charge >= 0.3 is 0 Å². The molecule has 0 fully saturated rings.